The van der Waals surface area contributed by atoms with Gasteiger partial charge >= 0.3 is 0 Å². The molecule has 0 saturated carbocycles. The van der Waals surface area contributed by atoms with Gasteiger partial charge in [0.2, 0.25) is 0 Å². The van der Waals surface area contributed by atoms with Crippen molar-refractivity contribution in [2.24, 2.45) is 0 Å². The average molecular weight is 411 g/mol. The molecule has 0 aliphatic carbocycles. The van der Waals surface area contributed by atoms with E-state index < -0.39 is 14.9 Å². The van der Waals surface area contributed by atoms with Crippen LogP contribution >= 0.6 is 11.8 Å². The number of anilines is 1. The van der Waals surface area contributed by atoms with Crippen LogP contribution < -0.4 is 9.46 Å². The molecule has 9 nitrogen and oxygen atoms in total. The first-order chi connectivity index (χ1) is 12.6. The molecule has 0 aliphatic heterocycles. The predicted octanol–water partition coefficient (Wildman–Crippen LogP) is 3.18. The second kappa shape index (κ2) is 8.27. The quantitative estimate of drug-likeness (QED) is 0.440. The van der Waals surface area contributed by atoms with Gasteiger partial charge < -0.3 is 9.64 Å². The summed E-state index contributed by atoms with van der Waals surface area (Å²) in [5, 5.41) is 10.8. The van der Waals surface area contributed by atoms with Crippen molar-refractivity contribution < 1.29 is 22.9 Å². The molecule has 0 aromatic heterocycles. The molecule has 0 fully saturated rings. The normalized spacial score (nSPS) is 10.9. The van der Waals surface area contributed by atoms with Crippen LogP contribution in [0.25, 0.3) is 0 Å². The van der Waals surface area contributed by atoms with Gasteiger partial charge in [0.05, 0.1) is 12.0 Å². The Morgan fingerprint density at radius 3 is 2.33 bits per heavy atom. The summed E-state index contributed by atoms with van der Waals surface area (Å²) in [4.78, 5) is 23.6. The second-order valence-electron chi connectivity index (χ2n) is 5.48. The van der Waals surface area contributed by atoms with Crippen molar-refractivity contribution in [2.75, 3.05) is 25.9 Å². The summed E-state index contributed by atoms with van der Waals surface area (Å²) in [6, 6.07) is 9.48. The van der Waals surface area contributed by atoms with Gasteiger partial charge in [-0.15, -0.1) is 0 Å². The molecule has 0 spiro atoms. The van der Waals surface area contributed by atoms with Crippen LogP contribution in [0, 0.1) is 10.1 Å². The van der Waals surface area contributed by atoms with E-state index in [1.165, 1.54) is 30.2 Å². The van der Waals surface area contributed by atoms with Crippen molar-refractivity contribution in [1.29, 1.82) is 0 Å². The summed E-state index contributed by atoms with van der Waals surface area (Å²) in [5.74, 6) is -0.0168. The molecule has 0 radical (unpaired) electrons. The van der Waals surface area contributed by atoms with Gasteiger partial charge in [0.1, 0.15) is 10.6 Å². The highest BCUT2D eigenvalue weighted by molar-refractivity contribution is 8.13. The minimum Gasteiger partial charge on any atom is -0.495 e. The van der Waals surface area contributed by atoms with Crippen LogP contribution in [0.3, 0.4) is 0 Å². The van der Waals surface area contributed by atoms with Crippen LogP contribution in [0.15, 0.2) is 52.3 Å². The minimum absolute atomic E-state index is 0.0168. The van der Waals surface area contributed by atoms with E-state index in [4.69, 9.17) is 4.74 Å². The van der Waals surface area contributed by atoms with E-state index in [1.807, 2.05) is 0 Å². The Hall–Kier alpha value is -2.79. The first kappa shape index (κ1) is 20.5. The third-order valence-corrected chi connectivity index (χ3v) is 5.77. The van der Waals surface area contributed by atoms with E-state index in [1.54, 1.807) is 26.2 Å². The van der Waals surface area contributed by atoms with Crippen molar-refractivity contribution >= 4 is 38.4 Å². The van der Waals surface area contributed by atoms with Crippen LogP contribution in [0.5, 0.6) is 5.75 Å². The number of hydrogen-bond acceptors (Lipinski definition) is 7. The van der Waals surface area contributed by atoms with E-state index in [0.717, 1.165) is 23.9 Å². The number of carbonyl (C=O) groups is 1. The Kier molecular flexibility index (Phi) is 6.28. The summed E-state index contributed by atoms with van der Waals surface area (Å²) in [5.41, 5.74) is -0.129. The molecule has 2 aromatic rings. The molecule has 144 valence electrons. The van der Waals surface area contributed by atoms with Crippen LogP contribution in [0.1, 0.15) is 0 Å². The first-order valence-electron chi connectivity index (χ1n) is 7.48. The summed E-state index contributed by atoms with van der Waals surface area (Å²) >= 11 is 1.00. The number of nitro groups is 1. The zero-order chi connectivity index (χ0) is 20.2. The maximum absolute atomic E-state index is 12.6. The molecule has 0 heterocycles. The molecule has 0 aliphatic rings. The van der Waals surface area contributed by atoms with Crippen LogP contribution in [-0.2, 0) is 10.0 Å². The highest BCUT2D eigenvalue weighted by Crippen LogP contribution is 2.30. The number of non-ortho nitro benzene ring substituents is 1. The number of nitrogens with one attached hydrogen (secondary N) is 1. The molecule has 11 heteroatoms. The maximum Gasteiger partial charge on any atom is 0.285 e. The zero-order valence-electron chi connectivity index (χ0n) is 14.7. The molecule has 0 unspecified atom stereocenters. The molecular weight excluding hydrogens is 394 g/mol. The fourth-order valence-corrected chi connectivity index (χ4v) is 3.89. The lowest BCUT2D eigenvalue weighted by Gasteiger charge is -2.12. The number of nitrogens with zero attached hydrogens (tertiary/aromatic N) is 2. The fraction of sp³-hybridized carbons (Fsp3) is 0.188. The van der Waals surface area contributed by atoms with Gasteiger partial charge in [0.25, 0.3) is 20.9 Å². The van der Waals surface area contributed by atoms with Crippen LogP contribution in [-0.4, -0.2) is 44.7 Å². The van der Waals surface area contributed by atoms with E-state index in [-0.39, 0.29) is 27.3 Å². The minimum atomic E-state index is -4.12. The number of amides is 1. The number of ether oxygens (including phenoxy) is 1. The molecule has 0 bridgehead atoms. The van der Waals surface area contributed by atoms with Crippen LogP contribution in [0.2, 0.25) is 0 Å². The number of sulfonamides is 1. The molecule has 2 rings (SSSR count). The Labute approximate surface area is 160 Å². The Bertz CT molecular complexity index is 959. The number of benzene rings is 2. The zero-order valence-corrected chi connectivity index (χ0v) is 16.3. The number of methoxy groups -OCH3 is 1. The van der Waals surface area contributed by atoms with Gasteiger partial charge in [-0.05, 0) is 42.1 Å². The predicted molar refractivity (Wildman–Crippen MR) is 102 cm³/mol. The van der Waals surface area contributed by atoms with E-state index >= 15 is 0 Å². The summed E-state index contributed by atoms with van der Waals surface area (Å²) in [7, 11) is 0.407. The largest absolute Gasteiger partial charge is 0.495 e. The number of nitro benzene ring substituents is 1. The molecule has 1 N–H and O–H groups in total. The third kappa shape index (κ3) is 5.11. The Morgan fingerprint density at radius 1 is 1.19 bits per heavy atom. The molecule has 0 saturated heterocycles. The molecular formula is C16H17N3O6S2. The van der Waals surface area contributed by atoms with Gasteiger partial charge in [0, 0.05) is 36.8 Å². The maximum atomic E-state index is 12.6. The van der Waals surface area contributed by atoms with E-state index in [2.05, 4.69) is 4.72 Å². The van der Waals surface area contributed by atoms with Gasteiger partial charge in [0.15, 0.2) is 0 Å². The van der Waals surface area contributed by atoms with Crippen LogP contribution in [0.4, 0.5) is 16.2 Å². The van der Waals surface area contributed by atoms with Crippen molar-refractivity contribution in [2.45, 2.75) is 9.79 Å². The highest BCUT2D eigenvalue weighted by Gasteiger charge is 2.23. The molecule has 1 amide bonds. The summed E-state index contributed by atoms with van der Waals surface area (Å²) in [6.45, 7) is 0. The fourth-order valence-electron chi connectivity index (χ4n) is 1.98. The molecule has 0 atom stereocenters. The number of thioether (sulfide) groups is 1. The summed E-state index contributed by atoms with van der Waals surface area (Å²) in [6.07, 6.45) is 0. The number of rotatable bonds is 6. The van der Waals surface area contributed by atoms with Crippen molar-refractivity contribution in [3.8, 4) is 5.75 Å². The molecule has 27 heavy (non-hydrogen) atoms. The topological polar surface area (TPSA) is 119 Å². The Balaban J connectivity index is 2.27. The lowest BCUT2D eigenvalue weighted by atomic mass is 10.3. The van der Waals surface area contributed by atoms with Gasteiger partial charge in [-0.1, -0.05) is 0 Å². The first-order valence-corrected chi connectivity index (χ1v) is 9.78. The lowest BCUT2D eigenvalue weighted by Crippen LogP contribution is -2.16. The lowest BCUT2D eigenvalue weighted by molar-refractivity contribution is -0.385. The van der Waals surface area contributed by atoms with Crippen molar-refractivity contribution in [3.05, 3.63) is 52.6 Å². The highest BCUT2D eigenvalue weighted by atomic mass is 32.2. The van der Waals surface area contributed by atoms with Gasteiger partial charge in [-0.2, -0.15) is 0 Å². The Morgan fingerprint density at radius 2 is 1.81 bits per heavy atom. The van der Waals surface area contributed by atoms with Crippen molar-refractivity contribution in [1.82, 2.24) is 4.90 Å². The standard InChI is InChI=1S/C16H17N3O6S2/c1-18(2)16(20)26-13-7-4-11(5-8-13)17-27(23,24)15-10-12(19(21)22)6-9-14(15)25-3/h4-10,17H,1-3H3. The number of hydrogen-bond donors (Lipinski definition) is 1. The molecule has 2 aromatic carbocycles. The summed E-state index contributed by atoms with van der Waals surface area (Å²) < 4.78 is 32.6. The van der Waals surface area contributed by atoms with Gasteiger partial charge in [-0.3, -0.25) is 19.6 Å². The number of carbonyl (C=O) groups excluding carboxylic acids is 1. The van der Waals surface area contributed by atoms with Crippen molar-refractivity contribution in [3.63, 3.8) is 0 Å². The van der Waals surface area contributed by atoms with E-state index in [9.17, 15) is 23.3 Å². The average Bonchev–Trinajstić information content (AvgIpc) is 2.62. The van der Waals surface area contributed by atoms with E-state index in [0.29, 0.717) is 4.90 Å². The monoisotopic (exact) mass is 411 g/mol. The third-order valence-electron chi connectivity index (χ3n) is 3.32. The second-order valence-corrected chi connectivity index (χ2v) is 8.16. The smallest absolute Gasteiger partial charge is 0.285 e. The van der Waals surface area contributed by atoms with Gasteiger partial charge in [-0.25, -0.2) is 8.42 Å². The SMILES string of the molecule is COc1ccc([N+](=O)[O-])cc1S(=O)(=O)Nc1ccc(SC(=O)N(C)C)cc1.